The van der Waals surface area contributed by atoms with E-state index in [9.17, 15) is 4.79 Å². The molecule has 0 fully saturated rings. The van der Waals surface area contributed by atoms with E-state index in [1.165, 1.54) is 4.68 Å². The van der Waals surface area contributed by atoms with Gasteiger partial charge in [-0.15, -0.1) is 0 Å². The summed E-state index contributed by atoms with van der Waals surface area (Å²) in [4.78, 5) is 18.9. The molecule has 2 heterocycles. The van der Waals surface area contributed by atoms with Crippen LogP contribution in [0.15, 0.2) is 42.7 Å². The number of rotatable bonds is 3. The minimum Gasteiger partial charge on any atom is -0.331 e. The Morgan fingerprint density at radius 1 is 1.33 bits per heavy atom. The van der Waals surface area contributed by atoms with E-state index in [0.29, 0.717) is 22.4 Å². The summed E-state index contributed by atoms with van der Waals surface area (Å²) >= 11 is 5.87. The van der Waals surface area contributed by atoms with Crippen LogP contribution < -0.4 is 5.32 Å². The Hall–Kier alpha value is -2.60. The van der Waals surface area contributed by atoms with E-state index < -0.39 is 0 Å². The number of halogens is 1. The van der Waals surface area contributed by atoms with Crippen LogP contribution in [0.2, 0.25) is 5.02 Å². The first-order chi connectivity index (χ1) is 10.1. The molecule has 0 aliphatic heterocycles. The highest BCUT2D eigenvalue weighted by molar-refractivity contribution is 6.30. The maximum Gasteiger partial charge on any atom is 0.276 e. The normalized spacial score (nSPS) is 10.6. The van der Waals surface area contributed by atoms with Crippen LogP contribution in [-0.2, 0) is 7.05 Å². The quantitative estimate of drug-likeness (QED) is 0.781. The summed E-state index contributed by atoms with van der Waals surface area (Å²) in [5, 5.41) is 7.67. The Balaban J connectivity index is 1.87. The van der Waals surface area contributed by atoms with Gasteiger partial charge in [0, 0.05) is 30.0 Å². The monoisotopic (exact) mass is 301 g/mol. The van der Waals surface area contributed by atoms with Gasteiger partial charge in [-0.25, -0.2) is 4.98 Å². The molecule has 2 N–H and O–H groups in total. The lowest BCUT2D eigenvalue weighted by Gasteiger charge is -2.01. The Labute approximate surface area is 125 Å². The van der Waals surface area contributed by atoms with Crippen LogP contribution in [0.5, 0.6) is 0 Å². The van der Waals surface area contributed by atoms with E-state index in [-0.39, 0.29) is 5.91 Å². The second kappa shape index (κ2) is 5.41. The van der Waals surface area contributed by atoms with Crippen LogP contribution in [0.4, 0.5) is 5.95 Å². The molecule has 0 aliphatic rings. The number of carbonyl (C=O) groups is 1. The van der Waals surface area contributed by atoms with Gasteiger partial charge in [-0.1, -0.05) is 23.7 Å². The zero-order valence-corrected chi connectivity index (χ0v) is 11.9. The zero-order valence-electron chi connectivity index (χ0n) is 11.2. The first-order valence-electron chi connectivity index (χ1n) is 6.24. The van der Waals surface area contributed by atoms with Crippen LogP contribution in [0, 0.1) is 0 Å². The number of amides is 1. The van der Waals surface area contributed by atoms with Crippen molar-refractivity contribution in [3.8, 4) is 11.3 Å². The standard InChI is InChI=1S/C14H12ClN5O/c1-20-12(13(21)18-14-16-6-7-17-14)8-11(19-20)9-2-4-10(15)5-3-9/h2-8H,1H3,(H2,16,17,18,21). The van der Waals surface area contributed by atoms with Gasteiger partial charge < -0.3 is 4.98 Å². The molecule has 0 atom stereocenters. The van der Waals surface area contributed by atoms with Crippen molar-refractivity contribution < 1.29 is 4.79 Å². The maximum absolute atomic E-state index is 12.2. The maximum atomic E-state index is 12.2. The average molecular weight is 302 g/mol. The summed E-state index contributed by atoms with van der Waals surface area (Å²) in [6, 6.07) is 9.02. The fraction of sp³-hybridized carbons (Fsp3) is 0.0714. The van der Waals surface area contributed by atoms with Crippen molar-refractivity contribution in [2.45, 2.75) is 0 Å². The van der Waals surface area contributed by atoms with Crippen LogP contribution in [0.25, 0.3) is 11.3 Å². The lowest BCUT2D eigenvalue weighted by atomic mass is 10.1. The summed E-state index contributed by atoms with van der Waals surface area (Å²) in [5.74, 6) is 0.120. The van der Waals surface area contributed by atoms with Gasteiger partial charge in [-0.2, -0.15) is 5.10 Å². The molecule has 6 nitrogen and oxygen atoms in total. The predicted molar refractivity (Wildman–Crippen MR) is 80.2 cm³/mol. The van der Waals surface area contributed by atoms with Crippen molar-refractivity contribution in [1.82, 2.24) is 19.7 Å². The van der Waals surface area contributed by atoms with Gasteiger partial charge in [0.25, 0.3) is 5.91 Å². The van der Waals surface area contributed by atoms with Crippen LogP contribution in [0.1, 0.15) is 10.5 Å². The van der Waals surface area contributed by atoms with Gasteiger partial charge in [0.1, 0.15) is 5.69 Å². The molecule has 0 aliphatic carbocycles. The molecule has 2 aromatic heterocycles. The fourth-order valence-electron chi connectivity index (χ4n) is 1.95. The Morgan fingerprint density at radius 2 is 2.10 bits per heavy atom. The summed E-state index contributed by atoms with van der Waals surface area (Å²) in [6.07, 6.45) is 3.20. The molecule has 0 radical (unpaired) electrons. The van der Waals surface area contributed by atoms with Gasteiger partial charge >= 0.3 is 0 Å². The summed E-state index contributed by atoms with van der Waals surface area (Å²) in [5.41, 5.74) is 2.04. The molecule has 0 saturated carbocycles. The minimum absolute atomic E-state index is 0.278. The number of benzene rings is 1. The SMILES string of the molecule is Cn1nc(-c2ccc(Cl)cc2)cc1C(=O)Nc1ncc[nH]1. The van der Waals surface area contributed by atoms with Crippen molar-refractivity contribution in [2.75, 3.05) is 5.32 Å². The Bertz CT molecular complexity index is 761. The van der Waals surface area contributed by atoms with E-state index in [2.05, 4.69) is 20.4 Å². The van der Waals surface area contributed by atoms with Crippen LogP contribution >= 0.6 is 11.6 Å². The van der Waals surface area contributed by atoms with E-state index in [1.54, 1.807) is 37.6 Å². The molecule has 1 amide bonds. The topological polar surface area (TPSA) is 75.6 Å². The highest BCUT2D eigenvalue weighted by atomic mass is 35.5. The molecular weight excluding hydrogens is 290 g/mol. The highest BCUT2D eigenvalue weighted by Crippen LogP contribution is 2.21. The Morgan fingerprint density at radius 3 is 2.76 bits per heavy atom. The summed E-state index contributed by atoms with van der Waals surface area (Å²) in [6.45, 7) is 0. The van der Waals surface area contributed by atoms with Crippen molar-refractivity contribution in [3.63, 3.8) is 0 Å². The number of carbonyl (C=O) groups excluding carboxylic acids is 1. The number of nitrogens with one attached hydrogen (secondary N) is 2. The third-order valence-corrected chi connectivity index (χ3v) is 3.23. The van der Waals surface area contributed by atoms with Crippen LogP contribution in [0.3, 0.4) is 0 Å². The number of hydrogen-bond donors (Lipinski definition) is 2. The number of imidazole rings is 1. The molecule has 0 unspecified atom stereocenters. The number of H-pyrrole nitrogens is 1. The summed E-state index contributed by atoms with van der Waals surface area (Å²) < 4.78 is 1.53. The van der Waals surface area contributed by atoms with E-state index in [1.807, 2.05) is 12.1 Å². The number of anilines is 1. The molecular formula is C14H12ClN5O. The molecule has 3 rings (SSSR count). The molecule has 0 bridgehead atoms. The smallest absolute Gasteiger partial charge is 0.276 e. The van der Waals surface area contributed by atoms with Crippen molar-refractivity contribution in [2.24, 2.45) is 7.05 Å². The minimum atomic E-state index is -0.278. The van der Waals surface area contributed by atoms with Crippen molar-refractivity contribution >= 4 is 23.5 Å². The molecule has 7 heteroatoms. The second-order valence-electron chi connectivity index (χ2n) is 4.44. The van der Waals surface area contributed by atoms with Gasteiger partial charge in [-0.3, -0.25) is 14.8 Å². The molecule has 3 aromatic rings. The number of aryl methyl sites for hydroxylation is 1. The molecule has 106 valence electrons. The van der Waals surface area contributed by atoms with Gasteiger partial charge in [0.15, 0.2) is 0 Å². The summed E-state index contributed by atoms with van der Waals surface area (Å²) in [7, 11) is 1.72. The zero-order chi connectivity index (χ0) is 14.8. The number of aromatic nitrogens is 4. The average Bonchev–Trinajstić information content (AvgIpc) is 3.09. The van der Waals surface area contributed by atoms with Crippen molar-refractivity contribution in [1.29, 1.82) is 0 Å². The number of aromatic amines is 1. The lowest BCUT2D eigenvalue weighted by molar-refractivity contribution is 0.101. The van der Waals surface area contributed by atoms with E-state index in [4.69, 9.17) is 11.6 Å². The first-order valence-corrected chi connectivity index (χ1v) is 6.62. The lowest BCUT2D eigenvalue weighted by Crippen LogP contribution is -2.16. The van der Waals surface area contributed by atoms with Crippen LogP contribution in [-0.4, -0.2) is 25.7 Å². The molecule has 0 spiro atoms. The predicted octanol–water partition coefficient (Wildman–Crippen LogP) is 2.72. The Kier molecular flexibility index (Phi) is 3.45. The molecule has 0 saturated heterocycles. The number of nitrogens with zero attached hydrogens (tertiary/aromatic N) is 3. The third-order valence-electron chi connectivity index (χ3n) is 2.98. The van der Waals surface area contributed by atoms with Crippen molar-refractivity contribution in [3.05, 3.63) is 53.4 Å². The fourth-order valence-corrected chi connectivity index (χ4v) is 2.07. The van der Waals surface area contributed by atoms with Gasteiger partial charge in [0.05, 0.1) is 5.69 Å². The molecule has 1 aromatic carbocycles. The van der Waals surface area contributed by atoms with E-state index >= 15 is 0 Å². The number of hydrogen-bond acceptors (Lipinski definition) is 3. The largest absolute Gasteiger partial charge is 0.331 e. The van der Waals surface area contributed by atoms with E-state index in [0.717, 1.165) is 5.56 Å². The third kappa shape index (κ3) is 2.80. The highest BCUT2D eigenvalue weighted by Gasteiger charge is 2.15. The molecule has 21 heavy (non-hydrogen) atoms. The second-order valence-corrected chi connectivity index (χ2v) is 4.87. The van der Waals surface area contributed by atoms with Gasteiger partial charge in [0.2, 0.25) is 5.95 Å². The first kappa shape index (κ1) is 13.4. The van der Waals surface area contributed by atoms with Gasteiger partial charge in [-0.05, 0) is 18.2 Å².